The summed E-state index contributed by atoms with van der Waals surface area (Å²) in [7, 11) is 0. The topological polar surface area (TPSA) is 91.0 Å². The molecule has 0 bridgehead atoms. The summed E-state index contributed by atoms with van der Waals surface area (Å²) < 4.78 is 20.0. The van der Waals surface area contributed by atoms with Crippen LogP contribution in [0.2, 0.25) is 0 Å². The van der Waals surface area contributed by atoms with Gasteiger partial charge < -0.3 is 9.64 Å². The number of ether oxygens (including phenoxy) is 1. The largest absolute Gasteiger partial charge is 0.377 e. The van der Waals surface area contributed by atoms with E-state index in [2.05, 4.69) is 20.4 Å². The van der Waals surface area contributed by atoms with E-state index in [9.17, 15) is 9.18 Å². The molecule has 5 rings (SSSR count). The van der Waals surface area contributed by atoms with Gasteiger partial charge in [-0.25, -0.2) is 4.39 Å². The molecule has 9 nitrogen and oxygen atoms in total. The van der Waals surface area contributed by atoms with Gasteiger partial charge in [0, 0.05) is 12.6 Å². The van der Waals surface area contributed by atoms with Crippen LogP contribution < -0.4 is 0 Å². The van der Waals surface area contributed by atoms with Gasteiger partial charge in [0.1, 0.15) is 5.82 Å². The van der Waals surface area contributed by atoms with Crippen molar-refractivity contribution in [3.05, 3.63) is 83.7 Å². The van der Waals surface area contributed by atoms with E-state index in [0.717, 1.165) is 11.1 Å². The molecule has 1 fully saturated rings. The molecule has 0 aliphatic carbocycles. The van der Waals surface area contributed by atoms with E-state index in [0.29, 0.717) is 43.1 Å². The van der Waals surface area contributed by atoms with Crippen molar-refractivity contribution < 1.29 is 13.9 Å². The van der Waals surface area contributed by atoms with Gasteiger partial charge in [0.15, 0.2) is 0 Å². The molecule has 0 saturated carbocycles. The molecule has 1 saturated heterocycles. The number of benzene rings is 2. The Balaban J connectivity index is 1.44. The van der Waals surface area contributed by atoms with E-state index >= 15 is 0 Å². The minimum atomic E-state index is -0.389. The number of aryl methyl sites for hydroxylation is 1. The second-order valence-electron chi connectivity index (χ2n) is 7.91. The second kappa shape index (κ2) is 8.91. The van der Waals surface area contributed by atoms with Crippen LogP contribution >= 0.6 is 0 Å². The SMILES string of the molecule is Cc1ccc(C(=O)N2CCOCC2Cc2cc(F)cc(-n3nccn3)c2)c(-n2nccn2)c1. The molecule has 2 aromatic heterocycles. The zero-order chi connectivity index (χ0) is 22.8. The maximum Gasteiger partial charge on any atom is 0.256 e. The van der Waals surface area contributed by atoms with E-state index in [1.54, 1.807) is 23.4 Å². The third-order valence-electron chi connectivity index (χ3n) is 5.57. The highest BCUT2D eigenvalue weighted by Crippen LogP contribution is 2.23. The third kappa shape index (κ3) is 4.37. The highest BCUT2D eigenvalue weighted by atomic mass is 19.1. The number of nitrogens with zero attached hydrogens (tertiary/aromatic N) is 7. The van der Waals surface area contributed by atoms with E-state index in [-0.39, 0.29) is 17.8 Å². The first-order chi connectivity index (χ1) is 16.1. The lowest BCUT2D eigenvalue weighted by Crippen LogP contribution is -2.50. The van der Waals surface area contributed by atoms with Crippen molar-refractivity contribution in [1.82, 2.24) is 34.9 Å². The number of hydrogen-bond acceptors (Lipinski definition) is 6. The molecule has 168 valence electrons. The van der Waals surface area contributed by atoms with Crippen LogP contribution in [-0.4, -0.2) is 66.6 Å². The quantitative estimate of drug-likeness (QED) is 0.467. The van der Waals surface area contributed by atoms with Crippen molar-refractivity contribution in [3.63, 3.8) is 0 Å². The molecule has 1 aliphatic rings. The summed E-state index contributed by atoms with van der Waals surface area (Å²) in [5, 5.41) is 16.6. The van der Waals surface area contributed by atoms with Crippen LogP contribution in [0.15, 0.2) is 61.2 Å². The van der Waals surface area contributed by atoms with Crippen LogP contribution in [-0.2, 0) is 11.2 Å². The van der Waals surface area contributed by atoms with Crippen molar-refractivity contribution >= 4 is 5.91 Å². The third-order valence-corrected chi connectivity index (χ3v) is 5.57. The summed E-state index contributed by atoms with van der Waals surface area (Å²) in [5.41, 5.74) is 3.37. The number of aromatic nitrogens is 6. The Kier molecular flexibility index (Phi) is 5.66. The summed E-state index contributed by atoms with van der Waals surface area (Å²) in [6.07, 6.45) is 6.65. The Labute approximate surface area is 189 Å². The van der Waals surface area contributed by atoms with Crippen LogP contribution in [0.5, 0.6) is 0 Å². The first-order valence-corrected chi connectivity index (χ1v) is 10.6. The zero-order valence-electron chi connectivity index (χ0n) is 18.0. The standard InChI is InChI=1S/C23H22FN7O2/c1-16-2-3-21(22(10-16)31-27-6-7-28-31)23(32)29-8-9-33-15-20(29)13-17-11-18(24)14-19(12-17)30-25-4-5-26-30/h2-7,10-12,14,20H,8-9,13,15H2,1H3. The average molecular weight is 447 g/mol. The second-order valence-corrected chi connectivity index (χ2v) is 7.91. The number of morpholine rings is 1. The van der Waals surface area contributed by atoms with Gasteiger partial charge in [-0.05, 0) is 48.7 Å². The van der Waals surface area contributed by atoms with Crippen molar-refractivity contribution in [1.29, 1.82) is 0 Å². The van der Waals surface area contributed by atoms with Crippen LogP contribution in [0, 0.1) is 12.7 Å². The smallest absolute Gasteiger partial charge is 0.256 e. The molecule has 33 heavy (non-hydrogen) atoms. The summed E-state index contributed by atoms with van der Waals surface area (Å²) in [4.78, 5) is 18.3. The highest BCUT2D eigenvalue weighted by Gasteiger charge is 2.30. The van der Waals surface area contributed by atoms with Crippen LogP contribution in [0.4, 0.5) is 4.39 Å². The van der Waals surface area contributed by atoms with Gasteiger partial charge in [-0.2, -0.15) is 30.0 Å². The van der Waals surface area contributed by atoms with Crippen molar-refractivity contribution in [2.45, 2.75) is 19.4 Å². The van der Waals surface area contributed by atoms with Gasteiger partial charge in [0.25, 0.3) is 5.91 Å². The number of carbonyl (C=O) groups excluding carboxylic acids is 1. The fraction of sp³-hybridized carbons (Fsp3) is 0.261. The Morgan fingerprint density at radius 3 is 2.52 bits per heavy atom. The lowest BCUT2D eigenvalue weighted by atomic mass is 10.0. The monoisotopic (exact) mass is 447 g/mol. The first-order valence-electron chi connectivity index (χ1n) is 10.6. The summed E-state index contributed by atoms with van der Waals surface area (Å²) >= 11 is 0. The Morgan fingerprint density at radius 1 is 1.03 bits per heavy atom. The molecule has 1 amide bonds. The molecular formula is C23H22FN7O2. The molecule has 0 radical (unpaired) electrons. The fourth-order valence-corrected chi connectivity index (χ4v) is 4.06. The summed E-state index contributed by atoms with van der Waals surface area (Å²) in [6, 6.07) is 9.99. The average Bonchev–Trinajstić information content (AvgIpc) is 3.53. The predicted octanol–water partition coefficient (Wildman–Crippen LogP) is 2.38. The van der Waals surface area contributed by atoms with Crippen molar-refractivity contribution in [2.24, 2.45) is 0 Å². The van der Waals surface area contributed by atoms with Gasteiger partial charge in [-0.15, -0.1) is 0 Å². The lowest BCUT2D eigenvalue weighted by molar-refractivity contribution is -0.00166. The number of carbonyl (C=O) groups is 1. The number of hydrogen-bond donors (Lipinski definition) is 0. The molecule has 10 heteroatoms. The molecular weight excluding hydrogens is 425 g/mol. The first kappa shape index (κ1) is 21.0. The molecule has 0 spiro atoms. The van der Waals surface area contributed by atoms with Gasteiger partial charge in [0.05, 0.1) is 61.0 Å². The summed E-state index contributed by atoms with van der Waals surface area (Å²) in [6.45, 7) is 3.19. The molecule has 1 atom stereocenters. The normalized spacial score (nSPS) is 16.2. The maximum absolute atomic E-state index is 14.3. The van der Waals surface area contributed by atoms with E-state index in [1.807, 2.05) is 25.1 Å². The maximum atomic E-state index is 14.3. The lowest BCUT2D eigenvalue weighted by Gasteiger charge is -2.36. The van der Waals surface area contributed by atoms with Crippen molar-refractivity contribution in [3.8, 4) is 11.4 Å². The molecule has 3 heterocycles. The van der Waals surface area contributed by atoms with E-state index in [1.165, 1.54) is 34.1 Å². The van der Waals surface area contributed by atoms with E-state index in [4.69, 9.17) is 4.74 Å². The number of rotatable bonds is 5. The number of halogens is 1. The Morgan fingerprint density at radius 2 is 1.76 bits per heavy atom. The van der Waals surface area contributed by atoms with Gasteiger partial charge in [-0.3, -0.25) is 4.79 Å². The Hall–Kier alpha value is -3.92. The molecule has 0 N–H and O–H groups in total. The summed E-state index contributed by atoms with van der Waals surface area (Å²) in [5.74, 6) is -0.527. The fourth-order valence-electron chi connectivity index (χ4n) is 4.06. The Bertz CT molecular complexity index is 1260. The van der Waals surface area contributed by atoms with Gasteiger partial charge in [0.2, 0.25) is 0 Å². The molecule has 1 unspecified atom stereocenters. The van der Waals surface area contributed by atoms with Gasteiger partial charge >= 0.3 is 0 Å². The minimum absolute atomic E-state index is 0.138. The van der Waals surface area contributed by atoms with E-state index < -0.39 is 0 Å². The van der Waals surface area contributed by atoms with Crippen LogP contribution in [0.1, 0.15) is 21.5 Å². The van der Waals surface area contributed by atoms with Gasteiger partial charge in [-0.1, -0.05) is 6.07 Å². The van der Waals surface area contributed by atoms with Crippen LogP contribution in [0.25, 0.3) is 11.4 Å². The molecule has 2 aromatic carbocycles. The minimum Gasteiger partial charge on any atom is -0.377 e. The van der Waals surface area contributed by atoms with Crippen LogP contribution in [0.3, 0.4) is 0 Å². The predicted molar refractivity (Wildman–Crippen MR) is 117 cm³/mol. The number of amides is 1. The molecule has 1 aliphatic heterocycles. The molecule has 4 aromatic rings. The van der Waals surface area contributed by atoms with Crippen molar-refractivity contribution in [2.75, 3.05) is 19.8 Å². The highest BCUT2D eigenvalue weighted by molar-refractivity contribution is 5.98. The zero-order valence-corrected chi connectivity index (χ0v) is 18.0.